The summed E-state index contributed by atoms with van der Waals surface area (Å²) < 4.78 is 67.6. The van der Waals surface area contributed by atoms with Gasteiger partial charge in [0, 0.05) is 38.1 Å². The number of nitrogens with one attached hydrogen (secondary N) is 1. The quantitative estimate of drug-likeness (QED) is 0.555. The average molecular weight is 476 g/mol. The highest BCUT2D eigenvalue weighted by Crippen LogP contribution is 2.38. The Morgan fingerprint density at radius 3 is 2.56 bits per heavy atom. The number of amides is 1. The molecule has 1 aliphatic carbocycles. The molecule has 6 nitrogen and oxygen atoms in total. The van der Waals surface area contributed by atoms with Gasteiger partial charge in [-0.2, -0.15) is 17.5 Å². The van der Waals surface area contributed by atoms with Crippen molar-refractivity contribution in [2.45, 2.75) is 69.1 Å². The molecule has 0 bridgehead atoms. The number of alkyl halides is 3. The SMILES string of the molecule is CC(C)CNCCC(=O)N1CCCC(N(C2CC2)S(=O)(=O)c2cccc(C(F)(F)F)c2)C1. The zero-order chi connectivity index (χ0) is 23.5. The van der Waals surface area contributed by atoms with Crippen molar-refractivity contribution in [2.75, 3.05) is 26.2 Å². The summed E-state index contributed by atoms with van der Waals surface area (Å²) >= 11 is 0. The molecule has 32 heavy (non-hydrogen) atoms. The maximum absolute atomic E-state index is 13.4. The van der Waals surface area contributed by atoms with Crippen LogP contribution < -0.4 is 5.32 Å². The number of hydrogen-bond donors (Lipinski definition) is 1. The molecule has 1 unspecified atom stereocenters. The number of halogens is 3. The number of piperidine rings is 1. The monoisotopic (exact) mass is 475 g/mol. The molecular weight excluding hydrogens is 443 g/mol. The van der Waals surface area contributed by atoms with Crippen LogP contribution in [0.1, 0.15) is 51.5 Å². The molecule has 1 N–H and O–H groups in total. The van der Waals surface area contributed by atoms with E-state index in [2.05, 4.69) is 19.2 Å². The van der Waals surface area contributed by atoms with Gasteiger partial charge in [0.1, 0.15) is 0 Å². The predicted octanol–water partition coefficient (Wildman–Crippen LogP) is 3.49. The molecule has 1 aromatic rings. The van der Waals surface area contributed by atoms with E-state index in [0.717, 1.165) is 18.7 Å². The van der Waals surface area contributed by atoms with E-state index in [1.165, 1.54) is 10.4 Å². The number of benzene rings is 1. The molecule has 2 aliphatic rings. The molecule has 1 saturated carbocycles. The Hall–Kier alpha value is -1.65. The van der Waals surface area contributed by atoms with Crippen LogP contribution >= 0.6 is 0 Å². The van der Waals surface area contributed by atoms with Crippen LogP contribution in [0.4, 0.5) is 13.2 Å². The van der Waals surface area contributed by atoms with Crippen molar-refractivity contribution in [2.24, 2.45) is 5.92 Å². The standard InChI is InChI=1S/C22H32F3N3O3S/c1-16(2)14-26-11-10-21(29)27-12-4-6-19(15-27)28(18-8-9-18)32(30,31)20-7-3-5-17(13-20)22(23,24)25/h3,5,7,13,16,18-19,26H,4,6,8-12,14-15H2,1-2H3. The van der Waals surface area contributed by atoms with Crippen molar-refractivity contribution in [1.82, 2.24) is 14.5 Å². The van der Waals surface area contributed by atoms with Crippen molar-refractivity contribution in [1.29, 1.82) is 0 Å². The molecule has 10 heteroatoms. The Bertz CT molecular complexity index is 901. The van der Waals surface area contributed by atoms with Gasteiger partial charge in [-0.1, -0.05) is 19.9 Å². The number of carbonyl (C=O) groups is 1. The number of sulfonamides is 1. The van der Waals surface area contributed by atoms with Crippen molar-refractivity contribution in [3.63, 3.8) is 0 Å². The van der Waals surface area contributed by atoms with E-state index in [1.54, 1.807) is 4.90 Å². The van der Waals surface area contributed by atoms with E-state index in [0.29, 0.717) is 57.2 Å². The van der Waals surface area contributed by atoms with Gasteiger partial charge in [0.15, 0.2) is 0 Å². The molecule has 1 amide bonds. The Labute approximate surface area is 188 Å². The number of hydrogen-bond acceptors (Lipinski definition) is 4. The summed E-state index contributed by atoms with van der Waals surface area (Å²) in [5.74, 6) is 0.454. The Morgan fingerprint density at radius 1 is 1.22 bits per heavy atom. The van der Waals surface area contributed by atoms with Crippen molar-refractivity contribution in [3.8, 4) is 0 Å². The molecule has 1 aliphatic heterocycles. The lowest BCUT2D eigenvalue weighted by molar-refractivity contribution is -0.137. The summed E-state index contributed by atoms with van der Waals surface area (Å²) in [6.45, 7) is 6.40. The van der Waals surface area contributed by atoms with Crippen LogP contribution in [0.2, 0.25) is 0 Å². The predicted molar refractivity (Wildman–Crippen MR) is 115 cm³/mol. The molecule has 1 heterocycles. The lowest BCUT2D eigenvalue weighted by Crippen LogP contribution is -2.52. The van der Waals surface area contributed by atoms with Gasteiger partial charge in [0.05, 0.1) is 10.5 Å². The minimum absolute atomic E-state index is 0.0295. The minimum Gasteiger partial charge on any atom is -0.341 e. The Kier molecular flexibility index (Phi) is 7.88. The van der Waals surface area contributed by atoms with Gasteiger partial charge < -0.3 is 10.2 Å². The maximum Gasteiger partial charge on any atom is 0.416 e. The lowest BCUT2D eigenvalue weighted by atomic mass is 10.1. The molecular formula is C22H32F3N3O3S. The average Bonchev–Trinajstić information content (AvgIpc) is 3.55. The van der Waals surface area contributed by atoms with Gasteiger partial charge in [0.2, 0.25) is 15.9 Å². The summed E-state index contributed by atoms with van der Waals surface area (Å²) in [4.78, 5) is 14.0. The van der Waals surface area contributed by atoms with Crippen molar-refractivity contribution >= 4 is 15.9 Å². The molecule has 0 spiro atoms. The normalized spacial score (nSPS) is 20.2. The van der Waals surface area contributed by atoms with Gasteiger partial charge in [-0.05, 0) is 56.3 Å². The minimum atomic E-state index is -4.62. The number of rotatable bonds is 9. The van der Waals surface area contributed by atoms with Crippen LogP contribution in [0.25, 0.3) is 0 Å². The molecule has 1 saturated heterocycles. The lowest BCUT2D eigenvalue weighted by Gasteiger charge is -2.39. The van der Waals surface area contributed by atoms with Gasteiger partial charge in [0.25, 0.3) is 0 Å². The van der Waals surface area contributed by atoms with Crippen molar-refractivity contribution < 1.29 is 26.4 Å². The molecule has 3 rings (SSSR count). The third kappa shape index (κ3) is 6.23. The smallest absolute Gasteiger partial charge is 0.341 e. The van der Waals surface area contributed by atoms with Crippen LogP contribution in [0.5, 0.6) is 0 Å². The van der Waals surface area contributed by atoms with Crippen LogP contribution in [0.15, 0.2) is 29.2 Å². The molecule has 0 aromatic heterocycles. The van der Waals surface area contributed by atoms with Crippen molar-refractivity contribution in [3.05, 3.63) is 29.8 Å². The summed E-state index contributed by atoms with van der Waals surface area (Å²) in [5.41, 5.74) is -0.983. The molecule has 1 aromatic carbocycles. The zero-order valence-electron chi connectivity index (χ0n) is 18.6. The maximum atomic E-state index is 13.4. The van der Waals surface area contributed by atoms with Crippen LogP contribution in [-0.2, 0) is 21.0 Å². The first-order valence-corrected chi connectivity index (χ1v) is 12.6. The van der Waals surface area contributed by atoms with Crippen LogP contribution in [0.3, 0.4) is 0 Å². The summed E-state index contributed by atoms with van der Waals surface area (Å²) in [5, 5.41) is 3.23. The van der Waals surface area contributed by atoms with E-state index in [1.807, 2.05) is 0 Å². The zero-order valence-corrected chi connectivity index (χ0v) is 19.4. The second-order valence-electron chi connectivity index (χ2n) is 9.08. The van der Waals surface area contributed by atoms with Gasteiger partial charge in [-0.3, -0.25) is 4.79 Å². The highest BCUT2D eigenvalue weighted by atomic mass is 32.2. The third-order valence-corrected chi connectivity index (χ3v) is 7.82. The van der Waals surface area contributed by atoms with E-state index in [4.69, 9.17) is 0 Å². The Morgan fingerprint density at radius 2 is 1.94 bits per heavy atom. The van der Waals surface area contributed by atoms with Crippen LogP contribution in [0, 0.1) is 5.92 Å². The first-order valence-electron chi connectivity index (χ1n) is 11.2. The fraction of sp³-hybridized carbons (Fsp3) is 0.682. The van der Waals surface area contributed by atoms with E-state index < -0.39 is 27.8 Å². The van der Waals surface area contributed by atoms with E-state index >= 15 is 0 Å². The number of likely N-dealkylation sites (tertiary alicyclic amines) is 1. The molecule has 0 radical (unpaired) electrons. The molecule has 2 fully saturated rings. The third-order valence-electron chi connectivity index (χ3n) is 5.82. The summed E-state index contributed by atoms with van der Waals surface area (Å²) in [6.07, 6.45) is -1.67. The van der Waals surface area contributed by atoms with Crippen LogP contribution in [-0.4, -0.2) is 61.8 Å². The van der Waals surface area contributed by atoms with E-state index in [-0.39, 0.29) is 23.4 Å². The first kappa shape index (κ1) is 25.0. The van der Waals surface area contributed by atoms with Gasteiger partial charge in [-0.25, -0.2) is 8.42 Å². The summed E-state index contributed by atoms with van der Waals surface area (Å²) in [7, 11) is -4.12. The first-order chi connectivity index (χ1) is 15.0. The number of carbonyl (C=O) groups excluding carboxylic acids is 1. The topological polar surface area (TPSA) is 69.7 Å². The Balaban J connectivity index is 1.73. The molecule has 180 valence electrons. The fourth-order valence-corrected chi connectivity index (χ4v) is 6.05. The largest absolute Gasteiger partial charge is 0.416 e. The van der Waals surface area contributed by atoms with E-state index in [9.17, 15) is 26.4 Å². The van der Waals surface area contributed by atoms with Gasteiger partial charge in [-0.15, -0.1) is 0 Å². The molecule has 1 atom stereocenters. The summed E-state index contributed by atoms with van der Waals surface area (Å²) in [6, 6.07) is 3.27. The fourth-order valence-electron chi connectivity index (χ4n) is 4.11. The highest BCUT2D eigenvalue weighted by Gasteiger charge is 2.44. The van der Waals surface area contributed by atoms with Gasteiger partial charge >= 0.3 is 6.18 Å². The number of nitrogens with zero attached hydrogens (tertiary/aromatic N) is 2. The second kappa shape index (κ2) is 10.1. The second-order valence-corrected chi connectivity index (χ2v) is 10.9. The highest BCUT2D eigenvalue weighted by molar-refractivity contribution is 7.89.